The van der Waals surface area contributed by atoms with Gasteiger partial charge < -0.3 is 15.0 Å². The lowest BCUT2D eigenvalue weighted by molar-refractivity contribution is -0.122. The molecule has 1 fully saturated rings. The lowest BCUT2D eigenvalue weighted by atomic mass is 10.1. The van der Waals surface area contributed by atoms with Crippen LogP contribution in [0, 0.1) is 12.8 Å². The number of anilines is 2. The Morgan fingerprint density at radius 2 is 2.08 bits per heavy atom. The summed E-state index contributed by atoms with van der Waals surface area (Å²) in [6, 6.07) is 12.7. The van der Waals surface area contributed by atoms with Gasteiger partial charge in [0.2, 0.25) is 11.8 Å². The summed E-state index contributed by atoms with van der Waals surface area (Å²) >= 11 is 5.95. The Morgan fingerprint density at radius 3 is 2.81 bits per heavy atom. The molecule has 1 heterocycles. The first-order valence-corrected chi connectivity index (χ1v) is 8.96. The van der Waals surface area contributed by atoms with E-state index in [0.717, 1.165) is 5.56 Å². The van der Waals surface area contributed by atoms with Crippen molar-refractivity contribution in [3.8, 4) is 5.75 Å². The number of hydrogen-bond donors (Lipinski definition) is 1. The summed E-state index contributed by atoms with van der Waals surface area (Å²) in [5.74, 6) is -0.00416. The highest BCUT2D eigenvalue weighted by Gasteiger charge is 2.36. The molecule has 0 radical (unpaired) electrons. The molecule has 2 aromatic rings. The van der Waals surface area contributed by atoms with Crippen molar-refractivity contribution in [3.05, 3.63) is 53.1 Å². The molecule has 26 heavy (non-hydrogen) atoms. The second kappa shape index (κ2) is 7.79. The Kier molecular flexibility index (Phi) is 5.47. The SMILES string of the molecule is CCOc1ccccc1N1C[C@H](C(=O)Nc2ccc(Cl)cc2C)CC1=O. The fourth-order valence-electron chi connectivity index (χ4n) is 3.08. The van der Waals surface area contributed by atoms with Crippen molar-refractivity contribution >= 4 is 34.8 Å². The van der Waals surface area contributed by atoms with Crippen molar-refractivity contribution in [2.75, 3.05) is 23.4 Å². The number of halogens is 1. The fraction of sp³-hybridized carbons (Fsp3) is 0.300. The third kappa shape index (κ3) is 3.83. The topological polar surface area (TPSA) is 58.6 Å². The van der Waals surface area contributed by atoms with E-state index in [2.05, 4.69) is 5.32 Å². The van der Waals surface area contributed by atoms with Gasteiger partial charge in [0, 0.05) is 23.7 Å². The van der Waals surface area contributed by atoms with E-state index in [1.54, 1.807) is 23.1 Å². The summed E-state index contributed by atoms with van der Waals surface area (Å²) in [5.41, 5.74) is 2.30. The summed E-state index contributed by atoms with van der Waals surface area (Å²) in [6.07, 6.45) is 0.179. The van der Waals surface area contributed by atoms with E-state index in [1.165, 1.54) is 0 Å². The maximum atomic E-state index is 12.6. The van der Waals surface area contributed by atoms with Gasteiger partial charge in [-0.1, -0.05) is 23.7 Å². The highest BCUT2D eigenvalue weighted by atomic mass is 35.5. The number of nitrogens with zero attached hydrogens (tertiary/aromatic N) is 1. The van der Waals surface area contributed by atoms with Gasteiger partial charge in [-0.15, -0.1) is 0 Å². The average Bonchev–Trinajstić information content (AvgIpc) is 3.00. The van der Waals surface area contributed by atoms with Crippen molar-refractivity contribution in [2.24, 2.45) is 5.92 Å². The molecule has 0 aromatic heterocycles. The number of hydrogen-bond acceptors (Lipinski definition) is 3. The summed E-state index contributed by atoms with van der Waals surface area (Å²) in [7, 11) is 0. The van der Waals surface area contributed by atoms with Gasteiger partial charge in [-0.3, -0.25) is 9.59 Å². The molecule has 0 bridgehead atoms. The van der Waals surface area contributed by atoms with Crippen molar-refractivity contribution in [1.29, 1.82) is 0 Å². The van der Waals surface area contributed by atoms with Crippen molar-refractivity contribution in [2.45, 2.75) is 20.3 Å². The van der Waals surface area contributed by atoms with Crippen molar-refractivity contribution in [1.82, 2.24) is 0 Å². The van der Waals surface area contributed by atoms with Crippen LogP contribution in [0.2, 0.25) is 5.02 Å². The molecule has 0 unspecified atom stereocenters. The monoisotopic (exact) mass is 372 g/mol. The molecule has 1 aliphatic rings. The number of carbonyl (C=O) groups excluding carboxylic acids is 2. The van der Waals surface area contributed by atoms with E-state index >= 15 is 0 Å². The van der Waals surface area contributed by atoms with Crippen LogP contribution in [0.3, 0.4) is 0 Å². The molecule has 0 aliphatic carbocycles. The zero-order valence-corrected chi connectivity index (χ0v) is 15.5. The van der Waals surface area contributed by atoms with E-state index in [-0.39, 0.29) is 18.2 Å². The van der Waals surface area contributed by atoms with Crippen LogP contribution in [0.15, 0.2) is 42.5 Å². The van der Waals surface area contributed by atoms with Gasteiger partial charge in [0.15, 0.2) is 0 Å². The first-order valence-electron chi connectivity index (χ1n) is 8.58. The van der Waals surface area contributed by atoms with Crippen molar-refractivity contribution < 1.29 is 14.3 Å². The van der Waals surface area contributed by atoms with Gasteiger partial charge in [-0.25, -0.2) is 0 Å². The largest absolute Gasteiger partial charge is 0.492 e. The molecular formula is C20H21ClN2O3. The maximum Gasteiger partial charge on any atom is 0.229 e. The fourth-order valence-corrected chi connectivity index (χ4v) is 3.30. The molecule has 1 aliphatic heterocycles. The molecule has 2 aromatic carbocycles. The normalized spacial score (nSPS) is 16.7. The third-order valence-electron chi connectivity index (χ3n) is 4.40. The van der Waals surface area contributed by atoms with E-state index in [0.29, 0.717) is 35.3 Å². The second-order valence-electron chi connectivity index (χ2n) is 6.25. The summed E-state index contributed by atoms with van der Waals surface area (Å²) in [5, 5.41) is 3.52. The number of para-hydroxylation sites is 2. The average molecular weight is 373 g/mol. The lowest BCUT2D eigenvalue weighted by Gasteiger charge is -2.20. The first-order chi connectivity index (χ1) is 12.5. The predicted molar refractivity (Wildman–Crippen MR) is 103 cm³/mol. The number of rotatable bonds is 5. The molecular weight excluding hydrogens is 352 g/mol. The van der Waals surface area contributed by atoms with Crippen LogP contribution in [0.25, 0.3) is 0 Å². The van der Waals surface area contributed by atoms with Crippen LogP contribution in [0.4, 0.5) is 11.4 Å². The number of benzene rings is 2. The Morgan fingerprint density at radius 1 is 1.31 bits per heavy atom. The number of aryl methyl sites for hydroxylation is 1. The zero-order chi connectivity index (χ0) is 18.7. The number of amides is 2. The van der Waals surface area contributed by atoms with E-state index in [1.807, 2.05) is 38.1 Å². The maximum absolute atomic E-state index is 12.6. The number of carbonyl (C=O) groups is 2. The van der Waals surface area contributed by atoms with Gasteiger partial charge in [0.1, 0.15) is 5.75 Å². The standard InChI is InChI=1S/C20H21ClN2O3/c1-3-26-18-7-5-4-6-17(18)23-12-14(11-19(23)24)20(25)22-16-9-8-15(21)10-13(16)2/h4-10,14H,3,11-12H2,1-2H3,(H,22,25)/t14-/m1/s1. The quantitative estimate of drug-likeness (QED) is 0.861. The van der Waals surface area contributed by atoms with Gasteiger partial charge in [-0.2, -0.15) is 0 Å². The highest BCUT2D eigenvalue weighted by Crippen LogP contribution is 2.33. The summed E-state index contributed by atoms with van der Waals surface area (Å²) < 4.78 is 5.61. The second-order valence-corrected chi connectivity index (χ2v) is 6.69. The van der Waals surface area contributed by atoms with Gasteiger partial charge in [0.25, 0.3) is 0 Å². The minimum atomic E-state index is -0.410. The minimum Gasteiger partial charge on any atom is -0.492 e. The van der Waals surface area contributed by atoms with Gasteiger partial charge >= 0.3 is 0 Å². The molecule has 0 saturated carbocycles. The highest BCUT2D eigenvalue weighted by molar-refractivity contribution is 6.30. The molecule has 3 rings (SSSR count). The van der Waals surface area contributed by atoms with Crippen LogP contribution in [0.5, 0.6) is 5.75 Å². The van der Waals surface area contributed by atoms with Crippen molar-refractivity contribution in [3.63, 3.8) is 0 Å². The molecule has 136 valence electrons. The molecule has 0 spiro atoms. The molecule has 6 heteroatoms. The summed E-state index contributed by atoms with van der Waals surface area (Å²) in [4.78, 5) is 26.7. The number of nitrogens with one attached hydrogen (secondary N) is 1. The van der Waals surface area contributed by atoms with Crippen LogP contribution in [0.1, 0.15) is 18.9 Å². The lowest BCUT2D eigenvalue weighted by Crippen LogP contribution is -2.28. The van der Waals surface area contributed by atoms with E-state index in [4.69, 9.17) is 16.3 Å². The summed E-state index contributed by atoms with van der Waals surface area (Å²) in [6.45, 7) is 4.62. The molecule has 1 atom stereocenters. The first kappa shape index (κ1) is 18.3. The Balaban J connectivity index is 1.74. The molecule has 5 nitrogen and oxygen atoms in total. The van der Waals surface area contributed by atoms with Crippen LogP contribution in [-0.2, 0) is 9.59 Å². The van der Waals surface area contributed by atoms with Gasteiger partial charge in [0.05, 0.1) is 18.2 Å². The van der Waals surface area contributed by atoms with Crippen LogP contribution in [-0.4, -0.2) is 25.0 Å². The Hall–Kier alpha value is -2.53. The van der Waals surface area contributed by atoms with Crippen LogP contribution < -0.4 is 15.0 Å². The Bertz CT molecular complexity index is 838. The third-order valence-corrected chi connectivity index (χ3v) is 4.63. The van der Waals surface area contributed by atoms with Gasteiger partial charge in [-0.05, 0) is 49.7 Å². The molecule has 1 saturated heterocycles. The molecule has 2 amide bonds. The zero-order valence-electron chi connectivity index (χ0n) is 14.8. The number of ether oxygens (including phenoxy) is 1. The minimum absolute atomic E-state index is 0.0786. The molecule has 1 N–H and O–H groups in total. The Labute approximate surface area is 157 Å². The van der Waals surface area contributed by atoms with E-state index in [9.17, 15) is 9.59 Å². The predicted octanol–water partition coefficient (Wildman–Crippen LogP) is 4.04. The van der Waals surface area contributed by atoms with E-state index < -0.39 is 5.92 Å². The smallest absolute Gasteiger partial charge is 0.229 e. The van der Waals surface area contributed by atoms with Crippen LogP contribution >= 0.6 is 11.6 Å².